The zero-order valence-electron chi connectivity index (χ0n) is 28.1. The van der Waals surface area contributed by atoms with Gasteiger partial charge in [0, 0.05) is 61.6 Å². The molecule has 0 aliphatic heterocycles. The quantitative estimate of drug-likeness (QED) is 0.185. The summed E-state index contributed by atoms with van der Waals surface area (Å²) in [6, 6.07) is 60.2. The van der Waals surface area contributed by atoms with E-state index in [9.17, 15) is 0 Å². The molecule has 0 saturated heterocycles. The predicted octanol–water partition coefficient (Wildman–Crippen LogP) is 12.9. The Morgan fingerprint density at radius 1 is 0.327 bits per heavy atom. The van der Waals surface area contributed by atoms with E-state index in [1.165, 1.54) is 104 Å². The van der Waals surface area contributed by atoms with Crippen LogP contribution in [0.5, 0.6) is 0 Å². The molecular weight excluding hydrogens is 631 g/mol. The third-order valence-corrected chi connectivity index (χ3v) is 11.3. The second kappa shape index (κ2) is 10.3. The maximum absolute atomic E-state index is 4.67. The molecule has 52 heavy (non-hydrogen) atoms. The van der Waals surface area contributed by atoms with Crippen LogP contribution in [-0.4, -0.2) is 14.1 Å². The first kappa shape index (κ1) is 27.8. The molecule has 0 unspecified atom stereocenters. The minimum absolute atomic E-state index is 1.15. The number of hydrogen-bond donors (Lipinski definition) is 0. The van der Waals surface area contributed by atoms with Crippen molar-refractivity contribution in [3.63, 3.8) is 0 Å². The van der Waals surface area contributed by atoms with Crippen LogP contribution >= 0.6 is 0 Å². The number of nitrogens with zero attached hydrogens (tertiary/aromatic N) is 3. The third-order valence-electron chi connectivity index (χ3n) is 11.3. The van der Waals surface area contributed by atoms with Gasteiger partial charge in [-0.2, -0.15) is 0 Å². The Hall–Kier alpha value is -6.97. The summed E-state index contributed by atoms with van der Waals surface area (Å²) in [7, 11) is 0. The van der Waals surface area contributed by atoms with Crippen LogP contribution in [0.25, 0.3) is 110 Å². The summed E-state index contributed by atoms with van der Waals surface area (Å²) in [5.74, 6) is 0. The molecule has 0 fully saturated rings. The second-order valence-corrected chi connectivity index (χ2v) is 14.0. The van der Waals surface area contributed by atoms with Gasteiger partial charge in [-0.05, 0) is 99.3 Å². The average Bonchev–Trinajstić information content (AvgIpc) is 3.84. The van der Waals surface area contributed by atoms with E-state index in [-0.39, 0.29) is 0 Å². The van der Waals surface area contributed by atoms with Crippen molar-refractivity contribution in [2.45, 2.75) is 0 Å². The molecule has 12 rings (SSSR count). The Balaban J connectivity index is 1.09. The molecule has 0 spiro atoms. The van der Waals surface area contributed by atoms with Crippen molar-refractivity contribution in [3.05, 3.63) is 176 Å². The molecule has 8 aromatic carbocycles. The van der Waals surface area contributed by atoms with Gasteiger partial charge in [-0.15, -0.1) is 0 Å². The van der Waals surface area contributed by atoms with Gasteiger partial charge in [0.25, 0.3) is 0 Å². The smallest absolute Gasteiger partial charge is 0.0547 e. The van der Waals surface area contributed by atoms with Gasteiger partial charge in [0.2, 0.25) is 0 Å². The average molecular weight is 660 g/mol. The molecule has 0 amide bonds. The molecule has 240 valence electrons. The van der Waals surface area contributed by atoms with E-state index < -0.39 is 0 Å². The van der Waals surface area contributed by atoms with Crippen LogP contribution in [0, 0.1) is 0 Å². The normalized spacial score (nSPS) is 12.2. The van der Waals surface area contributed by atoms with E-state index in [4.69, 9.17) is 0 Å². The van der Waals surface area contributed by atoms with Crippen molar-refractivity contribution in [2.75, 3.05) is 0 Å². The van der Waals surface area contributed by atoms with Crippen LogP contribution in [0.15, 0.2) is 176 Å². The Kier molecular flexibility index (Phi) is 5.50. The van der Waals surface area contributed by atoms with Crippen molar-refractivity contribution in [2.24, 2.45) is 0 Å². The van der Waals surface area contributed by atoms with E-state index in [1.807, 2.05) is 12.4 Å². The Bertz CT molecular complexity index is 3290. The molecule has 3 heteroatoms. The van der Waals surface area contributed by atoms with Crippen molar-refractivity contribution in [1.29, 1.82) is 0 Å². The highest BCUT2D eigenvalue weighted by molar-refractivity contribution is 6.22. The van der Waals surface area contributed by atoms with Gasteiger partial charge < -0.3 is 9.13 Å². The number of aromatic nitrogens is 3. The molecule has 1 aliphatic carbocycles. The molecule has 11 aromatic rings. The minimum Gasteiger partial charge on any atom is -0.309 e. The number of para-hydroxylation sites is 2. The highest BCUT2D eigenvalue weighted by Crippen LogP contribution is 2.48. The molecule has 0 atom stereocenters. The first-order chi connectivity index (χ1) is 25.8. The lowest BCUT2D eigenvalue weighted by Gasteiger charge is -2.12. The van der Waals surface area contributed by atoms with E-state index >= 15 is 0 Å². The van der Waals surface area contributed by atoms with Crippen molar-refractivity contribution >= 4 is 65.2 Å². The molecular formula is C49H29N3. The fourth-order valence-electron chi connectivity index (χ4n) is 9.06. The standard InChI is InChI=1S/C49H29N3/c1-2-11-34(12-3-1)51-46-22-20-32(26-42(46)49-36-13-5-4-10-30(36)18-23-47(49)51)31-19-21-45-40(25-31)39-16-8-9-17-44(39)52(45)35-24-33-28-50-29-43-38-15-7-6-14-37(38)41(27-35)48(33)43/h1-29H. The Labute approximate surface area is 299 Å². The summed E-state index contributed by atoms with van der Waals surface area (Å²) in [4.78, 5) is 4.67. The molecule has 0 saturated carbocycles. The van der Waals surface area contributed by atoms with E-state index in [1.54, 1.807) is 0 Å². The van der Waals surface area contributed by atoms with Crippen molar-refractivity contribution in [3.8, 4) is 44.8 Å². The third kappa shape index (κ3) is 3.72. The molecule has 0 radical (unpaired) electrons. The molecule has 3 heterocycles. The van der Waals surface area contributed by atoms with Crippen LogP contribution in [0.2, 0.25) is 0 Å². The van der Waals surface area contributed by atoms with Gasteiger partial charge >= 0.3 is 0 Å². The summed E-state index contributed by atoms with van der Waals surface area (Å²) in [6.07, 6.45) is 4.02. The van der Waals surface area contributed by atoms with Gasteiger partial charge in [-0.25, -0.2) is 0 Å². The van der Waals surface area contributed by atoms with Crippen molar-refractivity contribution < 1.29 is 0 Å². The van der Waals surface area contributed by atoms with Gasteiger partial charge in [0.05, 0.1) is 22.1 Å². The van der Waals surface area contributed by atoms with Gasteiger partial charge in [0.1, 0.15) is 0 Å². The molecule has 3 nitrogen and oxygen atoms in total. The summed E-state index contributed by atoms with van der Waals surface area (Å²) in [5, 5.41) is 10.0. The van der Waals surface area contributed by atoms with Crippen LogP contribution in [0.4, 0.5) is 0 Å². The zero-order chi connectivity index (χ0) is 33.9. The number of hydrogen-bond acceptors (Lipinski definition) is 1. The minimum atomic E-state index is 1.15. The van der Waals surface area contributed by atoms with Gasteiger partial charge in [-0.3, -0.25) is 4.98 Å². The summed E-state index contributed by atoms with van der Waals surface area (Å²) in [6.45, 7) is 0. The lowest BCUT2D eigenvalue weighted by molar-refractivity contribution is 1.18. The number of benzene rings is 8. The first-order valence-corrected chi connectivity index (χ1v) is 17.9. The highest BCUT2D eigenvalue weighted by Gasteiger charge is 2.24. The maximum atomic E-state index is 4.67. The largest absolute Gasteiger partial charge is 0.309 e. The van der Waals surface area contributed by atoms with Gasteiger partial charge in [0.15, 0.2) is 0 Å². The summed E-state index contributed by atoms with van der Waals surface area (Å²) < 4.78 is 4.84. The highest BCUT2D eigenvalue weighted by atomic mass is 15.0. The molecule has 1 aliphatic rings. The fourth-order valence-corrected chi connectivity index (χ4v) is 9.06. The predicted molar refractivity (Wildman–Crippen MR) is 218 cm³/mol. The van der Waals surface area contributed by atoms with Crippen LogP contribution in [-0.2, 0) is 0 Å². The van der Waals surface area contributed by atoms with Crippen LogP contribution in [0.3, 0.4) is 0 Å². The number of pyridine rings is 1. The first-order valence-electron chi connectivity index (χ1n) is 17.9. The topological polar surface area (TPSA) is 22.8 Å². The van der Waals surface area contributed by atoms with E-state index in [2.05, 4.69) is 178 Å². The summed E-state index contributed by atoms with van der Waals surface area (Å²) >= 11 is 0. The molecule has 0 bridgehead atoms. The van der Waals surface area contributed by atoms with Gasteiger partial charge in [-0.1, -0.05) is 103 Å². The summed E-state index contributed by atoms with van der Waals surface area (Å²) in [5.41, 5.74) is 14.6. The number of rotatable bonds is 3. The monoisotopic (exact) mass is 659 g/mol. The van der Waals surface area contributed by atoms with Crippen molar-refractivity contribution in [1.82, 2.24) is 14.1 Å². The lowest BCUT2D eigenvalue weighted by Crippen LogP contribution is -1.95. The molecule has 0 N–H and O–H groups in total. The fraction of sp³-hybridized carbons (Fsp3) is 0. The SMILES string of the molecule is c1ccc(-n2c3ccc(-c4ccc5c(c4)c4ccccc4n5-c4cc5c6c(cncc6c4)-c4ccccc4-5)cc3c3c4ccccc4ccc32)cc1. The maximum Gasteiger partial charge on any atom is 0.0547 e. The zero-order valence-corrected chi connectivity index (χ0v) is 28.1. The van der Waals surface area contributed by atoms with E-state index in [0.717, 1.165) is 5.69 Å². The molecule has 3 aromatic heterocycles. The Morgan fingerprint density at radius 3 is 1.81 bits per heavy atom. The van der Waals surface area contributed by atoms with Crippen LogP contribution < -0.4 is 0 Å². The lowest BCUT2D eigenvalue weighted by atomic mass is 9.99. The van der Waals surface area contributed by atoms with Crippen LogP contribution in [0.1, 0.15) is 0 Å². The van der Waals surface area contributed by atoms with E-state index in [0.29, 0.717) is 0 Å². The second-order valence-electron chi connectivity index (χ2n) is 14.0. The Morgan fingerprint density at radius 2 is 0.962 bits per heavy atom. The number of fused-ring (bicyclic) bond motifs is 11.